The molecule has 0 radical (unpaired) electrons. The Kier molecular flexibility index (Phi) is 6.72. The van der Waals surface area contributed by atoms with E-state index in [0.717, 1.165) is 17.5 Å². The Bertz CT molecular complexity index is 486. The molecule has 0 saturated heterocycles. The number of hydrogen-bond acceptors (Lipinski definition) is 2. The molecule has 0 spiro atoms. The van der Waals surface area contributed by atoms with E-state index in [4.69, 9.17) is 5.11 Å². The zero-order valence-electron chi connectivity index (χ0n) is 12.8. The molecule has 116 valence electrons. The average Bonchev–Trinajstić information content (AvgIpc) is 2.42. The minimum absolute atomic E-state index is 0.0386. The fourth-order valence-corrected chi connectivity index (χ4v) is 2.20. The van der Waals surface area contributed by atoms with Crippen LogP contribution in [-0.4, -0.2) is 23.1 Å². The van der Waals surface area contributed by atoms with E-state index in [9.17, 15) is 9.59 Å². The third kappa shape index (κ3) is 5.85. The van der Waals surface area contributed by atoms with Gasteiger partial charge in [-0.1, -0.05) is 45.0 Å². The van der Waals surface area contributed by atoms with Crippen LogP contribution in [-0.2, 0) is 17.8 Å². The standard InChI is InChI=1S/C16H24N2O3/c1-4-14(11(2)3)18-16(21)17-10-13-8-6-5-7-12(13)9-15(19)20/h5-8,11,14H,4,9-10H2,1-3H3,(H,19,20)(H2,17,18,21). The summed E-state index contributed by atoms with van der Waals surface area (Å²) in [5.74, 6) is -0.502. The SMILES string of the molecule is CCC(NC(=O)NCc1ccccc1CC(=O)O)C(C)C. The number of nitrogens with one attached hydrogen (secondary N) is 2. The van der Waals surface area contributed by atoms with Crippen molar-refractivity contribution in [3.05, 3.63) is 35.4 Å². The van der Waals surface area contributed by atoms with Crippen LogP contribution in [0.2, 0.25) is 0 Å². The molecule has 2 amide bonds. The van der Waals surface area contributed by atoms with Crippen LogP contribution < -0.4 is 10.6 Å². The molecule has 21 heavy (non-hydrogen) atoms. The largest absolute Gasteiger partial charge is 0.481 e. The van der Waals surface area contributed by atoms with Gasteiger partial charge in [0.05, 0.1) is 6.42 Å². The van der Waals surface area contributed by atoms with Crippen LogP contribution in [0, 0.1) is 5.92 Å². The summed E-state index contributed by atoms with van der Waals surface area (Å²) in [5, 5.41) is 14.6. The van der Waals surface area contributed by atoms with E-state index in [1.54, 1.807) is 12.1 Å². The molecule has 1 rings (SSSR count). The molecule has 0 aliphatic carbocycles. The van der Waals surface area contributed by atoms with Crippen molar-refractivity contribution in [3.63, 3.8) is 0 Å². The van der Waals surface area contributed by atoms with E-state index in [1.165, 1.54) is 0 Å². The Balaban J connectivity index is 2.59. The van der Waals surface area contributed by atoms with Crippen molar-refractivity contribution in [1.82, 2.24) is 10.6 Å². The van der Waals surface area contributed by atoms with Crippen LogP contribution in [0.25, 0.3) is 0 Å². The van der Waals surface area contributed by atoms with E-state index in [2.05, 4.69) is 24.5 Å². The lowest BCUT2D eigenvalue weighted by Crippen LogP contribution is -2.44. The maximum atomic E-state index is 11.9. The second-order valence-electron chi connectivity index (χ2n) is 5.42. The number of hydrogen-bond donors (Lipinski definition) is 3. The molecule has 0 aliphatic rings. The first-order chi connectivity index (χ1) is 9.93. The molecule has 0 saturated carbocycles. The van der Waals surface area contributed by atoms with Gasteiger partial charge in [-0.3, -0.25) is 4.79 Å². The Morgan fingerprint density at radius 1 is 1.19 bits per heavy atom. The molecule has 1 aromatic carbocycles. The van der Waals surface area contributed by atoms with Gasteiger partial charge in [0.1, 0.15) is 0 Å². The number of aliphatic carboxylic acids is 1. The van der Waals surface area contributed by atoms with Gasteiger partial charge in [-0.2, -0.15) is 0 Å². The van der Waals surface area contributed by atoms with Crippen molar-refractivity contribution in [2.24, 2.45) is 5.92 Å². The number of carboxylic acids is 1. The zero-order valence-corrected chi connectivity index (χ0v) is 12.8. The number of urea groups is 1. The van der Waals surface area contributed by atoms with Gasteiger partial charge in [0.2, 0.25) is 0 Å². The molecule has 0 aliphatic heterocycles. The minimum Gasteiger partial charge on any atom is -0.481 e. The Labute approximate surface area is 125 Å². The Hall–Kier alpha value is -2.04. The fourth-order valence-electron chi connectivity index (χ4n) is 2.20. The lowest BCUT2D eigenvalue weighted by Gasteiger charge is -2.21. The van der Waals surface area contributed by atoms with Crippen molar-refractivity contribution in [2.75, 3.05) is 0 Å². The monoisotopic (exact) mass is 292 g/mol. The van der Waals surface area contributed by atoms with Gasteiger partial charge >= 0.3 is 12.0 Å². The third-order valence-corrected chi connectivity index (χ3v) is 3.46. The molecule has 5 nitrogen and oxygen atoms in total. The summed E-state index contributed by atoms with van der Waals surface area (Å²) >= 11 is 0. The van der Waals surface area contributed by atoms with Gasteiger partial charge in [0, 0.05) is 12.6 Å². The number of carbonyl (C=O) groups is 2. The summed E-state index contributed by atoms with van der Waals surface area (Å²) in [4.78, 5) is 22.7. The summed E-state index contributed by atoms with van der Waals surface area (Å²) in [6, 6.07) is 7.15. The molecule has 1 unspecified atom stereocenters. The Morgan fingerprint density at radius 2 is 1.81 bits per heavy atom. The van der Waals surface area contributed by atoms with Crippen LogP contribution in [0.15, 0.2) is 24.3 Å². The van der Waals surface area contributed by atoms with Gasteiger partial charge < -0.3 is 15.7 Å². The summed E-state index contributed by atoms with van der Waals surface area (Å²) < 4.78 is 0. The van der Waals surface area contributed by atoms with Crippen LogP contribution in [0.3, 0.4) is 0 Å². The van der Waals surface area contributed by atoms with E-state index in [0.29, 0.717) is 12.5 Å². The molecular formula is C16H24N2O3. The predicted molar refractivity (Wildman–Crippen MR) is 82.1 cm³/mol. The van der Waals surface area contributed by atoms with Gasteiger partial charge in [0.25, 0.3) is 0 Å². The second kappa shape index (κ2) is 8.29. The maximum absolute atomic E-state index is 11.9. The molecule has 0 heterocycles. The highest BCUT2D eigenvalue weighted by Gasteiger charge is 2.14. The number of carboxylic acid groups (broad SMARTS) is 1. The van der Waals surface area contributed by atoms with Crippen LogP contribution >= 0.6 is 0 Å². The molecule has 0 bridgehead atoms. The van der Waals surface area contributed by atoms with E-state index < -0.39 is 5.97 Å². The first-order valence-corrected chi connectivity index (χ1v) is 7.27. The molecular weight excluding hydrogens is 268 g/mol. The summed E-state index contributed by atoms with van der Waals surface area (Å²) in [6.07, 6.45) is 0.837. The highest BCUT2D eigenvalue weighted by atomic mass is 16.4. The normalized spacial score (nSPS) is 12.0. The Morgan fingerprint density at radius 3 is 2.33 bits per heavy atom. The first kappa shape index (κ1) is 17.0. The summed E-state index contributed by atoms with van der Waals surface area (Å²) in [5.41, 5.74) is 1.55. The second-order valence-corrected chi connectivity index (χ2v) is 5.42. The quantitative estimate of drug-likeness (QED) is 0.722. The van der Waals surface area contributed by atoms with Crippen molar-refractivity contribution in [1.29, 1.82) is 0 Å². The molecule has 0 aromatic heterocycles. The number of carbonyl (C=O) groups excluding carboxylic acids is 1. The lowest BCUT2D eigenvalue weighted by molar-refractivity contribution is -0.136. The maximum Gasteiger partial charge on any atom is 0.315 e. The van der Waals surface area contributed by atoms with E-state index in [1.807, 2.05) is 19.1 Å². The zero-order chi connectivity index (χ0) is 15.8. The van der Waals surface area contributed by atoms with Crippen molar-refractivity contribution >= 4 is 12.0 Å². The lowest BCUT2D eigenvalue weighted by atomic mass is 10.0. The van der Waals surface area contributed by atoms with Crippen molar-refractivity contribution < 1.29 is 14.7 Å². The van der Waals surface area contributed by atoms with Crippen molar-refractivity contribution in [3.8, 4) is 0 Å². The molecule has 5 heteroatoms. The molecule has 0 fully saturated rings. The summed E-state index contributed by atoms with van der Waals surface area (Å²) in [6.45, 7) is 6.49. The van der Waals surface area contributed by atoms with Crippen LogP contribution in [0.5, 0.6) is 0 Å². The van der Waals surface area contributed by atoms with E-state index >= 15 is 0 Å². The predicted octanol–water partition coefficient (Wildman–Crippen LogP) is 2.55. The van der Waals surface area contributed by atoms with E-state index in [-0.39, 0.29) is 18.5 Å². The topological polar surface area (TPSA) is 78.4 Å². The third-order valence-electron chi connectivity index (χ3n) is 3.46. The minimum atomic E-state index is -0.877. The van der Waals surface area contributed by atoms with Gasteiger partial charge in [-0.25, -0.2) is 4.79 Å². The number of rotatable bonds is 7. The highest BCUT2D eigenvalue weighted by Crippen LogP contribution is 2.10. The van der Waals surface area contributed by atoms with Gasteiger partial charge in [-0.15, -0.1) is 0 Å². The molecule has 1 atom stereocenters. The fraction of sp³-hybridized carbons (Fsp3) is 0.500. The first-order valence-electron chi connectivity index (χ1n) is 7.27. The molecule has 3 N–H and O–H groups in total. The van der Waals surface area contributed by atoms with Crippen molar-refractivity contribution in [2.45, 2.75) is 46.2 Å². The smallest absolute Gasteiger partial charge is 0.315 e. The highest BCUT2D eigenvalue weighted by molar-refractivity contribution is 5.74. The van der Waals surface area contributed by atoms with Gasteiger partial charge in [-0.05, 0) is 23.5 Å². The van der Waals surface area contributed by atoms with Gasteiger partial charge in [0.15, 0.2) is 0 Å². The van der Waals surface area contributed by atoms with Crippen LogP contribution in [0.4, 0.5) is 4.79 Å². The summed E-state index contributed by atoms with van der Waals surface area (Å²) in [7, 11) is 0. The number of benzene rings is 1. The van der Waals surface area contributed by atoms with Crippen LogP contribution in [0.1, 0.15) is 38.3 Å². The average molecular weight is 292 g/mol. The number of amides is 2. The molecule has 1 aromatic rings.